The van der Waals surface area contributed by atoms with Crippen LogP contribution in [0.2, 0.25) is 0 Å². The zero-order chi connectivity index (χ0) is 13.1. The lowest BCUT2D eigenvalue weighted by atomic mass is 9.90. The average molecular weight is 253 g/mol. The number of hydrogen-bond donors (Lipinski definition) is 2. The summed E-state index contributed by atoms with van der Waals surface area (Å²) in [4.78, 5) is 25.6. The van der Waals surface area contributed by atoms with Gasteiger partial charge in [-0.05, 0) is 39.2 Å². The highest BCUT2D eigenvalue weighted by Crippen LogP contribution is 2.25. The lowest BCUT2D eigenvalue weighted by Gasteiger charge is -2.39. The lowest BCUT2D eigenvalue weighted by Crippen LogP contribution is -2.52. The number of hydrogen-bond acceptors (Lipinski definition) is 3. The van der Waals surface area contributed by atoms with Gasteiger partial charge in [0.25, 0.3) is 0 Å². The summed E-state index contributed by atoms with van der Waals surface area (Å²) < 4.78 is 0. The Hall–Kier alpha value is -1.10. The number of amides is 2. The molecule has 3 N–H and O–H groups in total. The van der Waals surface area contributed by atoms with Gasteiger partial charge in [0, 0.05) is 19.1 Å². The fourth-order valence-electron chi connectivity index (χ4n) is 2.94. The Morgan fingerprint density at radius 1 is 1.22 bits per heavy atom. The minimum absolute atomic E-state index is 0.0767. The van der Waals surface area contributed by atoms with Crippen LogP contribution in [0.4, 0.5) is 0 Å². The molecule has 5 nitrogen and oxygen atoms in total. The summed E-state index contributed by atoms with van der Waals surface area (Å²) in [6.07, 6.45) is 3.69. The molecular formula is C13H23N3O2. The number of nitrogens with zero attached hydrogens (tertiary/aromatic N) is 1. The van der Waals surface area contributed by atoms with Crippen LogP contribution in [0, 0.1) is 11.8 Å². The molecule has 2 aliphatic heterocycles. The van der Waals surface area contributed by atoms with Crippen molar-refractivity contribution in [3.63, 3.8) is 0 Å². The molecule has 0 radical (unpaired) electrons. The van der Waals surface area contributed by atoms with Crippen LogP contribution in [0.5, 0.6) is 0 Å². The Kier molecular flexibility index (Phi) is 4.22. The molecule has 102 valence electrons. The first-order chi connectivity index (χ1) is 8.59. The summed E-state index contributed by atoms with van der Waals surface area (Å²) in [7, 11) is 0. The molecule has 2 rings (SSSR count). The smallest absolute Gasteiger partial charge is 0.227 e. The molecule has 2 amide bonds. The number of nitrogens with two attached hydrogens (primary N) is 1. The van der Waals surface area contributed by atoms with Crippen LogP contribution >= 0.6 is 0 Å². The van der Waals surface area contributed by atoms with Gasteiger partial charge in [-0.25, -0.2) is 0 Å². The van der Waals surface area contributed by atoms with Gasteiger partial charge in [-0.3, -0.25) is 9.59 Å². The van der Waals surface area contributed by atoms with Crippen molar-refractivity contribution in [1.29, 1.82) is 0 Å². The molecule has 0 spiro atoms. The van der Waals surface area contributed by atoms with Crippen LogP contribution < -0.4 is 11.1 Å². The first-order valence-corrected chi connectivity index (χ1v) is 6.90. The Labute approximate surface area is 108 Å². The van der Waals surface area contributed by atoms with Gasteiger partial charge < -0.3 is 16.0 Å². The van der Waals surface area contributed by atoms with Crippen molar-refractivity contribution in [3.8, 4) is 0 Å². The summed E-state index contributed by atoms with van der Waals surface area (Å²) in [6, 6.07) is 0.232. The highest BCUT2D eigenvalue weighted by Gasteiger charge is 2.34. The maximum absolute atomic E-state index is 12.5. The fraction of sp³-hybridized carbons (Fsp3) is 0.846. The summed E-state index contributed by atoms with van der Waals surface area (Å²) in [6.45, 7) is 4.34. The van der Waals surface area contributed by atoms with E-state index in [0.29, 0.717) is 6.54 Å². The van der Waals surface area contributed by atoms with Crippen LogP contribution in [0.3, 0.4) is 0 Å². The average Bonchev–Trinajstić information content (AvgIpc) is 2.39. The molecule has 3 atom stereocenters. The Balaban J connectivity index is 2.00. The molecule has 2 fully saturated rings. The topological polar surface area (TPSA) is 75.4 Å². The van der Waals surface area contributed by atoms with Gasteiger partial charge in [-0.2, -0.15) is 0 Å². The third kappa shape index (κ3) is 2.83. The van der Waals surface area contributed by atoms with Gasteiger partial charge in [0.2, 0.25) is 11.8 Å². The number of carbonyl (C=O) groups is 2. The summed E-state index contributed by atoms with van der Waals surface area (Å²) in [5.74, 6) is -0.170. The van der Waals surface area contributed by atoms with E-state index in [2.05, 4.69) is 12.2 Å². The molecule has 18 heavy (non-hydrogen) atoms. The number of likely N-dealkylation sites (tertiary alicyclic amines) is 1. The van der Waals surface area contributed by atoms with E-state index >= 15 is 0 Å². The number of carbonyl (C=O) groups excluding carboxylic acids is 2. The Bertz CT molecular complexity index is 326. The maximum atomic E-state index is 12.5. The van der Waals surface area contributed by atoms with Crippen LogP contribution in [-0.4, -0.2) is 42.4 Å². The van der Waals surface area contributed by atoms with Crippen LogP contribution in [-0.2, 0) is 9.59 Å². The van der Waals surface area contributed by atoms with Crippen molar-refractivity contribution in [2.24, 2.45) is 17.6 Å². The van der Waals surface area contributed by atoms with Gasteiger partial charge in [0.15, 0.2) is 0 Å². The monoisotopic (exact) mass is 253 g/mol. The number of primary amides is 1. The number of rotatable bonds is 2. The molecule has 0 bridgehead atoms. The minimum Gasteiger partial charge on any atom is -0.369 e. The van der Waals surface area contributed by atoms with Gasteiger partial charge in [0.05, 0.1) is 11.8 Å². The summed E-state index contributed by atoms with van der Waals surface area (Å²) >= 11 is 0. The lowest BCUT2D eigenvalue weighted by molar-refractivity contribution is -0.142. The zero-order valence-corrected chi connectivity index (χ0v) is 11.0. The van der Waals surface area contributed by atoms with Crippen LogP contribution in [0.25, 0.3) is 0 Å². The molecule has 0 aromatic carbocycles. The van der Waals surface area contributed by atoms with Crippen molar-refractivity contribution < 1.29 is 9.59 Å². The minimum atomic E-state index is -0.276. The number of piperidine rings is 2. The molecule has 2 aliphatic rings. The molecule has 0 aromatic heterocycles. The molecule has 2 heterocycles. The van der Waals surface area contributed by atoms with Gasteiger partial charge in [-0.1, -0.05) is 0 Å². The molecule has 0 saturated carbocycles. The van der Waals surface area contributed by atoms with E-state index in [0.717, 1.165) is 38.8 Å². The number of nitrogens with one attached hydrogen (secondary N) is 1. The predicted molar refractivity (Wildman–Crippen MR) is 68.7 cm³/mol. The second-order valence-electron chi connectivity index (χ2n) is 5.56. The van der Waals surface area contributed by atoms with E-state index in [1.54, 1.807) is 0 Å². The summed E-state index contributed by atoms with van der Waals surface area (Å²) in [5, 5.41) is 3.26. The molecule has 0 aliphatic carbocycles. The fourth-order valence-corrected chi connectivity index (χ4v) is 2.94. The van der Waals surface area contributed by atoms with E-state index in [-0.39, 0.29) is 29.7 Å². The third-order valence-corrected chi connectivity index (χ3v) is 4.21. The van der Waals surface area contributed by atoms with E-state index in [1.165, 1.54) is 0 Å². The second-order valence-corrected chi connectivity index (χ2v) is 5.56. The van der Waals surface area contributed by atoms with Gasteiger partial charge in [-0.15, -0.1) is 0 Å². The SMILES string of the molecule is CC1CCC(C(N)=O)CN1C(=O)C1CCCNC1. The van der Waals surface area contributed by atoms with Crippen molar-refractivity contribution in [2.45, 2.75) is 38.6 Å². The Morgan fingerprint density at radius 2 is 2.00 bits per heavy atom. The van der Waals surface area contributed by atoms with Crippen molar-refractivity contribution in [2.75, 3.05) is 19.6 Å². The van der Waals surface area contributed by atoms with Crippen LogP contribution in [0.1, 0.15) is 32.6 Å². The van der Waals surface area contributed by atoms with Crippen LogP contribution in [0.15, 0.2) is 0 Å². The highest BCUT2D eigenvalue weighted by atomic mass is 16.2. The first-order valence-electron chi connectivity index (χ1n) is 6.90. The molecule has 3 unspecified atom stereocenters. The zero-order valence-electron chi connectivity index (χ0n) is 11.0. The van der Waals surface area contributed by atoms with Gasteiger partial charge >= 0.3 is 0 Å². The van der Waals surface area contributed by atoms with Gasteiger partial charge in [0.1, 0.15) is 0 Å². The van der Waals surface area contributed by atoms with Crippen molar-refractivity contribution >= 4 is 11.8 Å². The molecular weight excluding hydrogens is 230 g/mol. The van der Waals surface area contributed by atoms with E-state index in [9.17, 15) is 9.59 Å². The maximum Gasteiger partial charge on any atom is 0.227 e. The third-order valence-electron chi connectivity index (χ3n) is 4.21. The summed E-state index contributed by atoms with van der Waals surface area (Å²) in [5.41, 5.74) is 5.36. The van der Waals surface area contributed by atoms with E-state index in [1.807, 2.05) is 4.90 Å². The molecule has 2 saturated heterocycles. The molecule has 0 aromatic rings. The largest absolute Gasteiger partial charge is 0.369 e. The highest BCUT2D eigenvalue weighted by molar-refractivity contribution is 5.82. The molecule has 5 heteroatoms. The van der Waals surface area contributed by atoms with E-state index < -0.39 is 0 Å². The first kappa shape index (κ1) is 13.3. The quantitative estimate of drug-likeness (QED) is 0.733. The Morgan fingerprint density at radius 3 is 2.61 bits per heavy atom. The standard InChI is InChI=1S/C13H23N3O2/c1-9-4-5-11(12(14)17)8-16(9)13(18)10-3-2-6-15-7-10/h9-11,15H,2-8H2,1H3,(H2,14,17). The second kappa shape index (κ2) is 5.69. The normalized spacial score (nSPS) is 33.2. The predicted octanol–water partition coefficient (Wildman–Crippen LogP) is 0.0984. The van der Waals surface area contributed by atoms with Crippen molar-refractivity contribution in [1.82, 2.24) is 10.2 Å². The van der Waals surface area contributed by atoms with Crippen molar-refractivity contribution in [3.05, 3.63) is 0 Å². The van der Waals surface area contributed by atoms with E-state index in [4.69, 9.17) is 5.73 Å².